The molecule has 5 heteroatoms. The molecule has 0 heterocycles. The lowest BCUT2D eigenvalue weighted by molar-refractivity contribution is -0.143. The Labute approximate surface area is 202 Å². The number of ether oxygens (including phenoxy) is 1. The average Bonchev–Trinajstić information content (AvgIpc) is 2.82. The maximum atomic E-state index is 13.5. The van der Waals surface area contributed by atoms with E-state index in [-0.39, 0.29) is 24.5 Å². The number of hydrogen-bond donors (Lipinski definition) is 1. The van der Waals surface area contributed by atoms with Crippen LogP contribution in [0.25, 0.3) is 0 Å². The Bertz CT molecular complexity index is 1080. The van der Waals surface area contributed by atoms with Crippen LogP contribution in [0.1, 0.15) is 36.1 Å². The number of para-hydroxylation sites is 1. The third-order valence-corrected chi connectivity index (χ3v) is 5.62. The van der Waals surface area contributed by atoms with Gasteiger partial charge in [-0.25, -0.2) is 0 Å². The summed E-state index contributed by atoms with van der Waals surface area (Å²) in [5, 5.41) is 3.00. The molecule has 5 nitrogen and oxygen atoms in total. The van der Waals surface area contributed by atoms with Crippen LogP contribution in [-0.4, -0.2) is 35.4 Å². The van der Waals surface area contributed by atoms with Gasteiger partial charge in [0.1, 0.15) is 11.8 Å². The molecule has 3 aromatic rings. The van der Waals surface area contributed by atoms with Crippen LogP contribution in [0.3, 0.4) is 0 Å². The lowest BCUT2D eigenvalue weighted by atomic mass is 10.0. The summed E-state index contributed by atoms with van der Waals surface area (Å²) in [4.78, 5) is 28.5. The van der Waals surface area contributed by atoms with Gasteiger partial charge in [0.2, 0.25) is 5.91 Å². The van der Waals surface area contributed by atoms with Gasteiger partial charge in [0, 0.05) is 19.0 Å². The van der Waals surface area contributed by atoms with Gasteiger partial charge in [0.05, 0.1) is 0 Å². The molecule has 0 saturated heterocycles. The number of aryl methyl sites for hydroxylation is 2. The van der Waals surface area contributed by atoms with Gasteiger partial charge in [-0.15, -0.1) is 0 Å². The van der Waals surface area contributed by atoms with E-state index in [0.717, 1.165) is 22.3 Å². The smallest absolute Gasteiger partial charge is 0.261 e. The molecule has 0 aromatic heterocycles. The van der Waals surface area contributed by atoms with Crippen LogP contribution in [0.4, 0.5) is 0 Å². The van der Waals surface area contributed by atoms with E-state index in [4.69, 9.17) is 4.74 Å². The highest BCUT2D eigenvalue weighted by molar-refractivity contribution is 5.88. The van der Waals surface area contributed by atoms with Crippen molar-refractivity contribution in [2.45, 2.75) is 52.7 Å². The number of amides is 2. The summed E-state index contributed by atoms with van der Waals surface area (Å²) in [5.74, 6) is 0.260. The topological polar surface area (TPSA) is 58.6 Å². The van der Waals surface area contributed by atoms with Gasteiger partial charge in [-0.2, -0.15) is 0 Å². The second kappa shape index (κ2) is 12.0. The van der Waals surface area contributed by atoms with E-state index in [2.05, 4.69) is 5.32 Å². The molecule has 2 amide bonds. The maximum Gasteiger partial charge on any atom is 0.261 e. The summed E-state index contributed by atoms with van der Waals surface area (Å²) in [5.41, 5.74) is 4.06. The fourth-order valence-electron chi connectivity index (χ4n) is 3.77. The van der Waals surface area contributed by atoms with Crippen molar-refractivity contribution in [3.05, 3.63) is 101 Å². The highest BCUT2D eigenvalue weighted by atomic mass is 16.5. The van der Waals surface area contributed by atoms with Crippen molar-refractivity contribution in [3.8, 4) is 5.75 Å². The molecule has 1 atom stereocenters. The van der Waals surface area contributed by atoms with E-state index in [1.165, 1.54) is 0 Å². The zero-order valence-corrected chi connectivity index (χ0v) is 20.5. The summed E-state index contributed by atoms with van der Waals surface area (Å²) in [6.45, 7) is 7.99. The van der Waals surface area contributed by atoms with Gasteiger partial charge in [0.25, 0.3) is 5.91 Å². The summed E-state index contributed by atoms with van der Waals surface area (Å²) in [6, 6.07) is 24.7. The predicted octanol–water partition coefficient (Wildman–Crippen LogP) is 4.85. The third kappa shape index (κ3) is 7.20. The Kier molecular flexibility index (Phi) is 8.86. The minimum atomic E-state index is -0.668. The fourth-order valence-corrected chi connectivity index (χ4v) is 3.77. The molecule has 0 radical (unpaired) electrons. The van der Waals surface area contributed by atoms with Crippen molar-refractivity contribution < 1.29 is 14.3 Å². The highest BCUT2D eigenvalue weighted by Gasteiger charge is 2.31. The van der Waals surface area contributed by atoms with Gasteiger partial charge in [-0.05, 0) is 50.5 Å². The van der Waals surface area contributed by atoms with Crippen LogP contribution < -0.4 is 10.1 Å². The quantitative estimate of drug-likeness (QED) is 0.473. The summed E-state index contributed by atoms with van der Waals surface area (Å²) in [6.07, 6.45) is 0.418. The van der Waals surface area contributed by atoms with Gasteiger partial charge < -0.3 is 15.0 Å². The molecule has 0 fully saturated rings. The van der Waals surface area contributed by atoms with E-state index in [1.54, 1.807) is 4.90 Å². The molecule has 0 bridgehead atoms. The van der Waals surface area contributed by atoms with Crippen molar-refractivity contribution in [2.75, 3.05) is 6.61 Å². The number of rotatable bonds is 10. The molecular formula is C29H34N2O3. The normalized spacial score (nSPS) is 11.7. The lowest BCUT2D eigenvalue weighted by Gasteiger charge is -2.32. The Morgan fingerprint density at radius 1 is 0.853 bits per heavy atom. The van der Waals surface area contributed by atoms with E-state index in [9.17, 15) is 9.59 Å². The van der Waals surface area contributed by atoms with Crippen LogP contribution >= 0.6 is 0 Å². The molecule has 34 heavy (non-hydrogen) atoms. The fraction of sp³-hybridized carbons (Fsp3) is 0.310. The lowest BCUT2D eigenvalue weighted by Crippen LogP contribution is -2.52. The van der Waals surface area contributed by atoms with Crippen molar-refractivity contribution in [3.63, 3.8) is 0 Å². The van der Waals surface area contributed by atoms with Crippen molar-refractivity contribution in [1.82, 2.24) is 10.2 Å². The molecule has 3 aromatic carbocycles. The van der Waals surface area contributed by atoms with Gasteiger partial charge in [-0.3, -0.25) is 9.59 Å². The minimum absolute atomic E-state index is 0.0367. The third-order valence-electron chi connectivity index (χ3n) is 5.62. The molecule has 1 unspecified atom stereocenters. The number of nitrogens with zero attached hydrogens (tertiary/aromatic N) is 1. The zero-order valence-electron chi connectivity index (χ0n) is 20.5. The Morgan fingerprint density at radius 2 is 1.50 bits per heavy atom. The Balaban J connectivity index is 1.91. The Hall–Kier alpha value is -3.60. The van der Waals surface area contributed by atoms with Gasteiger partial charge in [0.15, 0.2) is 6.61 Å². The molecule has 0 spiro atoms. The molecular weight excluding hydrogens is 424 g/mol. The van der Waals surface area contributed by atoms with Crippen LogP contribution in [0, 0.1) is 13.8 Å². The second-order valence-electron chi connectivity index (χ2n) is 8.93. The van der Waals surface area contributed by atoms with E-state index in [0.29, 0.717) is 18.7 Å². The molecule has 178 valence electrons. The van der Waals surface area contributed by atoms with Crippen molar-refractivity contribution in [1.29, 1.82) is 0 Å². The molecule has 0 aliphatic carbocycles. The average molecular weight is 459 g/mol. The molecule has 0 aliphatic rings. The standard InChI is InChI=1S/C29H34N2O3/c1-21(2)30-29(33)26(18-24-11-6-5-7-12-24)31(19-25-16-14-22(3)15-17-25)28(32)20-34-27-13-9-8-10-23(27)4/h5-17,21,26H,18-20H2,1-4H3,(H,30,33). The maximum absolute atomic E-state index is 13.5. The number of nitrogens with one attached hydrogen (secondary N) is 1. The first-order valence-corrected chi connectivity index (χ1v) is 11.7. The number of benzene rings is 3. The molecule has 0 saturated carbocycles. The highest BCUT2D eigenvalue weighted by Crippen LogP contribution is 2.19. The molecule has 1 N–H and O–H groups in total. The first kappa shape index (κ1) is 25.0. The summed E-state index contributed by atoms with van der Waals surface area (Å²) < 4.78 is 5.87. The van der Waals surface area contributed by atoms with Crippen LogP contribution in [0.15, 0.2) is 78.9 Å². The van der Waals surface area contributed by atoms with Crippen LogP contribution in [0.2, 0.25) is 0 Å². The monoisotopic (exact) mass is 458 g/mol. The van der Waals surface area contributed by atoms with E-state index >= 15 is 0 Å². The van der Waals surface area contributed by atoms with Crippen molar-refractivity contribution >= 4 is 11.8 Å². The number of hydrogen-bond acceptors (Lipinski definition) is 3. The Morgan fingerprint density at radius 3 is 2.15 bits per heavy atom. The van der Waals surface area contributed by atoms with Gasteiger partial charge in [-0.1, -0.05) is 78.4 Å². The van der Waals surface area contributed by atoms with Crippen molar-refractivity contribution in [2.24, 2.45) is 0 Å². The van der Waals surface area contributed by atoms with E-state index in [1.807, 2.05) is 107 Å². The first-order chi connectivity index (χ1) is 16.3. The largest absolute Gasteiger partial charge is 0.484 e. The molecule has 3 rings (SSSR count). The predicted molar refractivity (Wildman–Crippen MR) is 136 cm³/mol. The SMILES string of the molecule is Cc1ccc(CN(C(=O)COc2ccccc2C)C(Cc2ccccc2)C(=O)NC(C)C)cc1. The van der Waals surface area contributed by atoms with E-state index < -0.39 is 6.04 Å². The van der Waals surface area contributed by atoms with Crippen LogP contribution in [0.5, 0.6) is 5.75 Å². The minimum Gasteiger partial charge on any atom is -0.484 e. The zero-order chi connectivity index (χ0) is 24.5. The number of carbonyl (C=O) groups is 2. The summed E-state index contributed by atoms with van der Waals surface area (Å²) >= 11 is 0. The summed E-state index contributed by atoms with van der Waals surface area (Å²) in [7, 11) is 0. The first-order valence-electron chi connectivity index (χ1n) is 11.7. The van der Waals surface area contributed by atoms with Crippen LogP contribution in [-0.2, 0) is 22.6 Å². The number of carbonyl (C=O) groups excluding carboxylic acids is 2. The molecule has 0 aliphatic heterocycles. The van der Waals surface area contributed by atoms with Gasteiger partial charge >= 0.3 is 0 Å². The second-order valence-corrected chi connectivity index (χ2v) is 8.93.